The second-order valence-electron chi connectivity index (χ2n) is 4.97. The number of aryl methyl sites for hydroxylation is 2. The molecule has 0 aliphatic heterocycles. The highest BCUT2D eigenvalue weighted by molar-refractivity contribution is 7.99. The van der Waals surface area contributed by atoms with Crippen molar-refractivity contribution < 1.29 is 19.8 Å². The van der Waals surface area contributed by atoms with Gasteiger partial charge in [-0.05, 0) is 44.0 Å². The Morgan fingerprint density at radius 3 is 2.48 bits per heavy atom. The Balaban J connectivity index is 2.42. The minimum absolute atomic E-state index is 0.202. The zero-order valence-electron chi connectivity index (χ0n) is 12.4. The van der Waals surface area contributed by atoms with Crippen LogP contribution in [0.3, 0.4) is 0 Å². The molecule has 0 heterocycles. The van der Waals surface area contributed by atoms with Crippen LogP contribution in [0, 0.1) is 13.8 Å². The molecule has 2 unspecified atom stereocenters. The monoisotopic (exact) mass is 311 g/mol. The summed E-state index contributed by atoms with van der Waals surface area (Å²) in [5, 5.41) is 20.5. The van der Waals surface area contributed by atoms with Crippen molar-refractivity contribution in [3.63, 3.8) is 0 Å². The molecule has 0 aromatic heterocycles. The van der Waals surface area contributed by atoms with Crippen molar-refractivity contribution in [3.05, 3.63) is 29.3 Å². The number of aliphatic hydroxyl groups excluding tert-OH is 1. The van der Waals surface area contributed by atoms with E-state index >= 15 is 0 Å². The highest BCUT2D eigenvalue weighted by Gasteiger charge is 2.24. The molecule has 0 fully saturated rings. The highest BCUT2D eigenvalue weighted by Crippen LogP contribution is 2.21. The third kappa shape index (κ3) is 5.77. The molecule has 0 aliphatic rings. The van der Waals surface area contributed by atoms with Gasteiger partial charge in [-0.2, -0.15) is 0 Å². The summed E-state index contributed by atoms with van der Waals surface area (Å²) >= 11 is 1.54. The van der Waals surface area contributed by atoms with Gasteiger partial charge in [0.2, 0.25) is 5.91 Å². The molecule has 116 valence electrons. The van der Waals surface area contributed by atoms with Gasteiger partial charge in [-0.3, -0.25) is 4.79 Å². The predicted octanol–water partition coefficient (Wildman–Crippen LogP) is 1.74. The summed E-state index contributed by atoms with van der Waals surface area (Å²) in [6.07, 6.45) is -0.924. The molecule has 0 saturated heterocycles. The number of amides is 1. The lowest BCUT2D eigenvalue weighted by molar-refractivity contribution is -0.144. The third-order valence-corrected chi connectivity index (χ3v) is 4.14. The fraction of sp³-hybridized carbons (Fsp3) is 0.467. The van der Waals surface area contributed by atoms with E-state index in [1.165, 1.54) is 18.1 Å². The van der Waals surface area contributed by atoms with Crippen molar-refractivity contribution in [3.8, 4) is 0 Å². The van der Waals surface area contributed by atoms with Crippen LogP contribution >= 0.6 is 11.8 Å². The lowest BCUT2D eigenvalue weighted by Crippen LogP contribution is -2.47. The van der Waals surface area contributed by atoms with E-state index < -0.39 is 18.1 Å². The van der Waals surface area contributed by atoms with Crippen LogP contribution in [0.2, 0.25) is 0 Å². The molecule has 6 heteroatoms. The van der Waals surface area contributed by atoms with Crippen molar-refractivity contribution in [1.82, 2.24) is 5.32 Å². The maximum absolute atomic E-state index is 11.7. The summed E-state index contributed by atoms with van der Waals surface area (Å²) in [6, 6.07) is 4.84. The van der Waals surface area contributed by atoms with Crippen LogP contribution in [0.25, 0.3) is 0 Å². The minimum Gasteiger partial charge on any atom is -0.480 e. The van der Waals surface area contributed by atoms with Gasteiger partial charge in [0.15, 0.2) is 6.04 Å². The Morgan fingerprint density at radius 1 is 1.29 bits per heavy atom. The number of carbonyl (C=O) groups is 2. The first-order valence-corrected chi connectivity index (χ1v) is 7.70. The predicted molar refractivity (Wildman–Crippen MR) is 82.5 cm³/mol. The highest BCUT2D eigenvalue weighted by atomic mass is 32.2. The normalized spacial score (nSPS) is 13.5. The first kappa shape index (κ1) is 17.5. The number of nitrogens with one attached hydrogen (secondary N) is 1. The molecule has 0 bridgehead atoms. The van der Waals surface area contributed by atoms with E-state index in [1.807, 2.05) is 26.0 Å². The van der Waals surface area contributed by atoms with Gasteiger partial charge in [-0.25, -0.2) is 4.79 Å². The van der Waals surface area contributed by atoms with Crippen molar-refractivity contribution in [2.24, 2.45) is 0 Å². The molecular weight excluding hydrogens is 290 g/mol. The van der Waals surface area contributed by atoms with Crippen molar-refractivity contribution in [2.45, 2.75) is 44.2 Å². The number of aliphatic hydroxyl groups is 1. The van der Waals surface area contributed by atoms with Gasteiger partial charge in [-0.1, -0.05) is 6.07 Å². The Labute approximate surface area is 128 Å². The van der Waals surface area contributed by atoms with Crippen LogP contribution in [0.5, 0.6) is 0 Å². The second-order valence-corrected chi connectivity index (χ2v) is 6.14. The molecule has 1 amide bonds. The van der Waals surface area contributed by atoms with Gasteiger partial charge in [0, 0.05) is 17.1 Å². The minimum atomic E-state index is -1.26. The molecule has 1 rings (SSSR count). The Hall–Kier alpha value is -1.53. The maximum Gasteiger partial charge on any atom is 0.328 e. The zero-order valence-corrected chi connectivity index (χ0v) is 13.2. The third-order valence-electron chi connectivity index (χ3n) is 3.14. The average Bonchev–Trinajstić information content (AvgIpc) is 2.39. The molecule has 1 aromatic carbocycles. The van der Waals surface area contributed by atoms with Gasteiger partial charge in [0.25, 0.3) is 0 Å². The molecule has 2 atom stereocenters. The van der Waals surface area contributed by atoms with Gasteiger partial charge in [0.1, 0.15) is 0 Å². The molecule has 21 heavy (non-hydrogen) atoms. The molecule has 5 nitrogen and oxygen atoms in total. The fourth-order valence-corrected chi connectivity index (χ4v) is 2.65. The quantitative estimate of drug-likeness (QED) is 0.668. The molecule has 0 aliphatic carbocycles. The van der Waals surface area contributed by atoms with E-state index in [9.17, 15) is 14.7 Å². The van der Waals surface area contributed by atoms with Crippen LogP contribution in [-0.4, -0.2) is 40.0 Å². The Morgan fingerprint density at radius 2 is 1.95 bits per heavy atom. The number of carbonyl (C=O) groups excluding carboxylic acids is 1. The number of rotatable bonds is 7. The summed E-state index contributed by atoms with van der Waals surface area (Å²) in [6.45, 7) is 5.41. The van der Waals surface area contributed by atoms with Crippen molar-refractivity contribution in [2.75, 3.05) is 5.75 Å². The van der Waals surface area contributed by atoms with E-state index in [4.69, 9.17) is 5.11 Å². The maximum atomic E-state index is 11.7. The standard InChI is InChI=1S/C15H21NO4S/c1-9-4-5-12(8-10(9)2)21-7-6-13(18)16-14(11(3)17)15(19)20/h4-5,8,11,14,17H,6-7H2,1-3H3,(H,16,18)(H,19,20). The lowest BCUT2D eigenvalue weighted by atomic mass is 10.1. The molecule has 3 N–H and O–H groups in total. The van der Waals surface area contributed by atoms with E-state index in [-0.39, 0.29) is 12.3 Å². The number of benzene rings is 1. The van der Waals surface area contributed by atoms with Gasteiger partial charge in [-0.15, -0.1) is 11.8 Å². The largest absolute Gasteiger partial charge is 0.480 e. The Kier molecular flexibility index (Phi) is 6.71. The van der Waals surface area contributed by atoms with Crippen molar-refractivity contribution in [1.29, 1.82) is 0 Å². The number of hydrogen-bond acceptors (Lipinski definition) is 4. The number of carboxylic acids is 1. The summed E-state index contributed by atoms with van der Waals surface area (Å²) in [5.74, 6) is -1.06. The first-order valence-electron chi connectivity index (χ1n) is 6.71. The van der Waals surface area contributed by atoms with E-state index in [0.29, 0.717) is 5.75 Å². The zero-order chi connectivity index (χ0) is 16.0. The first-order chi connectivity index (χ1) is 9.81. The molecule has 0 spiro atoms. The number of aliphatic carboxylic acids is 1. The van der Waals surface area contributed by atoms with Gasteiger partial charge >= 0.3 is 5.97 Å². The average molecular weight is 311 g/mol. The van der Waals surface area contributed by atoms with Crippen LogP contribution in [-0.2, 0) is 9.59 Å². The summed E-state index contributed by atoms with van der Waals surface area (Å²) in [4.78, 5) is 23.6. The molecule has 1 aromatic rings. The summed E-state index contributed by atoms with van der Waals surface area (Å²) < 4.78 is 0. The van der Waals surface area contributed by atoms with E-state index in [1.54, 1.807) is 11.8 Å². The summed E-state index contributed by atoms with van der Waals surface area (Å²) in [7, 11) is 0. The SMILES string of the molecule is Cc1ccc(SCCC(=O)NC(C(=O)O)C(C)O)cc1C. The van der Waals surface area contributed by atoms with Crippen LogP contribution < -0.4 is 5.32 Å². The van der Waals surface area contributed by atoms with Gasteiger partial charge < -0.3 is 15.5 Å². The number of thioether (sulfide) groups is 1. The van der Waals surface area contributed by atoms with E-state index in [0.717, 1.165) is 4.90 Å². The smallest absolute Gasteiger partial charge is 0.328 e. The topological polar surface area (TPSA) is 86.6 Å². The molecular formula is C15H21NO4S. The molecule has 0 radical (unpaired) electrons. The van der Waals surface area contributed by atoms with E-state index in [2.05, 4.69) is 11.4 Å². The van der Waals surface area contributed by atoms with Crippen LogP contribution in [0.1, 0.15) is 24.5 Å². The number of hydrogen-bond donors (Lipinski definition) is 3. The fourth-order valence-electron chi connectivity index (χ4n) is 1.70. The van der Waals surface area contributed by atoms with Crippen LogP contribution in [0.4, 0.5) is 0 Å². The van der Waals surface area contributed by atoms with Crippen LogP contribution in [0.15, 0.2) is 23.1 Å². The second kappa shape index (κ2) is 8.05. The summed E-state index contributed by atoms with van der Waals surface area (Å²) in [5.41, 5.74) is 2.42. The molecule has 0 saturated carbocycles. The number of carboxylic acid groups (broad SMARTS) is 1. The van der Waals surface area contributed by atoms with Crippen molar-refractivity contribution >= 4 is 23.6 Å². The Bertz CT molecular complexity index is 516. The lowest BCUT2D eigenvalue weighted by Gasteiger charge is -2.16. The van der Waals surface area contributed by atoms with Gasteiger partial charge in [0.05, 0.1) is 6.10 Å².